The molecule has 0 aromatic carbocycles. The molecule has 2 atom stereocenters. The molecule has 54 heavy (non-hydrogen) atoms. The van der Waals surface area contributed by atoms with Gasteiger partial charge in [-0.1, -0.05) is 171 Å². The van der Waals surface area contributed by atoms with Crippen molar-refractivity contribution in [2.24, 2.45) is 5.73 Å². The maximum Gasteiger partial charge on any atom is 0.472 e. The fraction of sp³-hybridized carbons (Fsp3) is 0.756. The van der Waals surface area contributed by atoms with Crippen LogP contribution >= 0.6 is 7.82 Å². The van der Waals surface area contributed by atoms with Crippen molar-refractivity contribution >= 4 is 13.8 Å². The molecule has 0 rings (SSSR count). The summed E-state index contributed by atoms with van der Waals surface area (Å²) in [5, 5.41) is 0. The molecule has 0 fully saturated rings. The molecule has 314 valence electrons. The molecule has 0 saturated carbocycles. The molecule has 1 unspecified atom stereocenters. The Morgan fingerprint density at radius 2 is 1.00 bits per heavy atom. The summed E-state index contributed by atoms with van der Waals surface area (Å²) in [6, 6.07) is 0. The second-order valence-electron chi connectivity index (χ2n) is 14.3. The summed E-state index contributed by atoms with van der Waals surface area (Å²) in [6.07, 6.45) is 50.9. The molecule has 0 aliphatic carbocycles. The van der Waals surface area contributed by atoms with Gasteiger partial charge in [0.1, 0.15) is 6.10 Å². The molecule has 8 nitrogen and oxygen atoms in total. The van der Waals surface area contributed by atoms with Gasteiger partial charge in [0.2, 0.25) is 0 Å². The van der Waals surface area contributed by atoms with Crippen molar-refractivity contribution < 1.29 is 32.8 Å². The van der Waals surface area contributed by atoms with Crippen LogP contribution in [-0.2, 0) is 27.9 Å². The topological polar surface area (TPSA) is 117 Å². The second-order valence-corrected chi connectivity index (χ2v) is 15.7. The van der Waals surface area contributed by atoms with Gasteiger partial charge in [-0.3, -0.25) is 13.8 Å². The first-order chi connectivity index (χ1) is 26.4. The lowest BCUT2D eigenvalue weighted by atomic mass is 10.1. The summed E-state index contributed by atoms with van der Waals surface area (Å²) in [6.45, 7) is 4.83. The van der Waals surface area contributed by atoms with E-state index in [-0.39, 0.29) is 32.3 Å². The Labute approximate surface area is 332 Å². The third kappa shape index (κ3) is 41.4. The third-order valence-corrected chi connectivity index (χ3v) is 9.99. The number of phosphoric ester groups is 1. The molecule has 0 bridgehead atoms. The van der Waals surface area contributed by atoms with Crippen molar-refractivity contribution in [3.63, 3.8) is 0 Å². The highest BCUT2D eigenvalue weighted by molar-refractivity contribution is 7.47. The minimum absolute atomic E-state index is 0.0930. The van der Waals surface area contributed by atoms with Crippen molar-refractivity contribution in [2.75, 3.05) is 33.0 Å². The SMILES string of the molecule is CCCCCC/C=C\CCCCCCCC(=O)O[C@H](COCCCCCCCC/C=C/C=C/C=C/C=C/CCCCCCCC)COP(=O)(O)OCCN. The molecule has 0 saturated heterocycles. The van der Waals surface area contributed by atoms with Crippen molar-refractivity contribution in [3.05, 3.63) is 60.8 Å². The van der Waals surface area contributed by atoms with E-state index in [0.29, 0.717) is 13.0 Å². The summed E-state index contributed by atoms with van der Waals surface area (Å²) in [5.74, 6) is -0.349. The van der Waals surface area contributed by atoms with E-state index in [0.717, 1.165) is 57.8 Å². The van der Waals surface area contributed by atoms with Crippen LogP contribution < -0.4 is 5.73 Å². The molecule has 0 aromatic heterocycles. The standard InChI is InChI=1S/C45H82NO7P/c1-3-5-7-9-11-13-15-17-18-19-20-21-22-23-24-25-27-29-31-33-35-37-40-50-42-44(43-52-54(48,49)51-41-39-46)53-45(47)38-36-34-32-30-28-26-16-14-12-10-8-6-4-2/h14,16-24,44H,3-13,15,25-43,46H2,1-2H3,(H,48,49)/b16-14-,18-17+,20-19+,22-21+,24-23+/t44-/m1/s1. The largest absolute Gasteiger partial charge is 0.472 e. The van der Waals surface area contributed by atoms with Gasteiger partial charge in [0, 0.05) is 19.6 Å². The van der Waals surface area contributed by atoms with Crippen LogP contribution in [-0.4, -0.2) is 49.9 Å². The Balaban J connectivity index is 4.08. The number of rotatable bonds is 41. The van der Waals surface area contributed by atoms with E-state index in [2.05, 4.69) is 74.6 Å². The number of hydrogen-bond acceptors (Lipinski definition) is 7. The van der Waals surface area contributed by atoms with Crippen LogP contribution in [0.4, 0.5) is 0 Å². The Bertz CT molecular complexity index is 1010. The van der Waals surface area contributed by atoms with Gasteiger partial charge in [0.15, 0.2) is 0 Å². The lowest BCUT2D eigenvalue weighted by Crippen LogP contribution is -2.28. The first-order valence-electron chi connectivity index (χ1n) is 21.8. The molecular formula is C45H82NO7P. The number of allylic oxidation sites excluding steroid dienone is 10. The van der Waals surface area contributed by atoms with Gasteiger partial charge in [-0.05, 0) is 64.2 Å². The minimum atomic E-state index is -4.29. The maximum absolute atomic E-state index is 12.6. The number of hydrogen-bond donors (Lipinski definition) is 2. The maximum atomic E-state index is 12.6. The van der Waals surface area contributed by atoms with Crippen LogP contribution in [0.2, 0.25) is 0 Å². The minimum Gasteiger partial charge on any atom is -0.457 e. The normalized spacial score (nSPS) is 14.1. The van der Waals surface area contributed by atoms with E-state index < -0.39 is 13.9 Å². The Morgan fingerprint density at radius 1 is 0.556 bits per heavy atom. The van der Waals surface area contributed by atoms with Crippen molar-refractivity contribution in [1.82, 2.24) is 0 Å². The fourth-order valence-electron chi connectivity index (χ4n) is 5.77. The van der Waals surface area contributed by atoms with Crippen molar-refractivity contribution in [3.8, 4) is 0 Å². The zero-order valence-corrected chi connectivity index (χ0v) is 35.6. The molecule has 0 spiro atoms. The number of carbonyl (C=O) groups excluding carboxylic acids is 1. The van der Waals surface area contributed by atoms with E-state index in [1.807, 2.05) is 0 Å². The van der Waals surface area contributed by atoms with Gasteiger partial charge in [-0.2, -0.15) is 0 Å². The van der Waals surface area contributed by atoms with Gasteiger partial charge < -0.3 is 20.1 Å². The van der Waals surface area contributed by atoms with Gasteiger partial charge in [0.25, 0.3) is 0 Å². The number of phosphoric acid groups is 1. The molecule has 0 aromatic rings. The van der Waals surface area contributed by atoms with Crippen LogP contribution in [0.25, 0.3) is 0 Å². The molecule has 0 aliphatic rings. The second kappa shape index (κ2) is 42.3. The van der Waals surface area contributed by atoms with Gasteiger partial charge in [0.05, 0.1) is 19.8 Å². The summed E-state index contributed by atoms with van der Waals surface area (Å²) in [7, 11) is -4.29. The first kappa shape index (κ1) is 52.2. The predicted molar refractivity (Wildman–Crippen MR) is 229 cm³/mol. The van der Waals surface area contributed by atoms with E-state index in [1.54, 1.807) is 0 Å². The lowest BCUT2D eigenvalue weighted by molar-refractivity contribution is -0.154. The Hall–Kier alpha value is -1.80. The number of unbranched alkanes of at least 4 members (excludes halogenated alkanes) is 21. The van der Waals surface area contributed by atoms with Crippen LogP contribution in [0.5, 0.6) is 0 Å². The Kier molecular flexibility index (Phi) is 40.9. The van der Waals surface area contributed by atoms with Crippen molar-refractivity contribution in [1.29, 1.82) is 0 Å². The molecule has 9 heteroatoms. The summed E-state index contributed by atoms with van der Waals surface area (Å²) in [4.78, 5) is 22.4. The first-order valence-corrected chi connectivity index (χ1v) is 23.3. The van der Waals surface area contributed by atoms with Crippen LogP contribution in [0.1, 0.15) is 181 Å². The average molecular weight is 780 g/mol. The molecule has 0 heterocycles. The quantitative estimate of drug-likeness (QED) is 0.0207. The van der Waals surface area contributed by atoms with E-state index in [1.165, 1.54) is 103 Å². The van der Waals surface area contributed by atoms with E-state index in [9.17, 15) is 14.3 Å². The highest BCUT2D eigenvalue weighted by Crippen LogP contribution is 2.43. The highest BCUT2D eigenvalue weighted by atomic mass is 31.2. The monoisotopic (exact) mass is 780 g/mol. The zero-order valence-electron chi connectivity index (χ0n) is 34.7. The highest BCUT2D eigenvalue weighted by Gasteiger charge is 2.25. The molecular weight excluding hydrogens is 697 g/mol. The predicted octanol–water partition coefficient (Wildman–Crippen LogP) is 13.0. The molecule has 3 N–H and O–H groups in total. The Morgan fingerprint density at radius 3 is 1.54 bits per heavy atom. The van der Waals surface area contributed by atoms with Gasteiger partial charge in [-0.15, -0.1) is 0 Å². The lowest BCUT2D eigenvalue weighted by Gasteiger charge is -2.20. The third-order valence-electron chi connectivity index (χ3n) is 9.00. The number of ether oxygens (including phenoxy) is 2. The number of nitrogens with two attached hydrogens (primary N) is 1. The van der Waals surface area contributed by atoms with Crippen LogP contribution in [0.15, 0.2) is 60.8 Å². The van der Waals surface area contributed by atoms with Gasteiger partial charge in [-0.25, -0.2) is 4.57 Å². The molecule has 0 radical (unpaired) electrons. The molecule has 0 amide bonds. The summed E-state index contributed by atoms with van der Waals surface area (Å²) in [5.41, 5.74) is 5.36. The van der Waals surface area contributed by atoms with E-state index >= 15 is 0 Å². The van der Waals surface area contributed by atoms with Crippen LogP contribution in [0, 0.1) is 0 Å². The number of esters is 1. The summed E-state index contributed by atoms with van der Waals surface area (Å²) < 4.78 is 33.4. The smallest absolute Gasteiger partial charge is 0.457 e. The van der Waals surface area contributed by atoms with Crippen LogP contribution in [0.3, 0.4) is 0 Å². The van der Waals surface area contributed by atoms with Gasteiger partial charge >= 0.3 is 13.8 Å². The van der Waals surface area contributed by atoms with E-state index in [4.69, 9.17) is 24.3 Å². The zero-order chi connectivity index (χ0) is 39.5. The molecule has 0 aliphatic heterocycles. The average Bonchev–Trinajstić information content (AvgIpc) is 3.16. The summed E-state index contributed by atoms with van der Waals surface area (Å²) >= 11 is 0. The fourth-order valence-corrected chi connectivity index (χ4v) is 6.53. The van der Waals surface area contributed by atoms with Crippen molar-refractivity contribution in [2.45, 2.75) is 187 Å². The number of carbonyl (C=O) groups is 1.